The fraction of sp³-hybridized carbons (Fsp3) is 0.476. The summed E-state index contributed by atoms with van der Waals surface area (Å²) < 4.78 is 10.6. The summed E-state index contributed by atoms with van der Waals surface area (Å²) >= 11 is 1.33. The number of aromatic nitrogens is 2. The lowest BCUT2D eigenvalue weighted by Gasteiger charge is -2.32. The highest BCUT2D eigenvalue weighted by atomic mass is 32.1. The van der Waals surface area contributed by atoms with Crippen molar-refractivity contribution in [2.75, 3.05) is 45.3 Å². The molecule has 0 N–H and O–H groups in total. The first-order chi connectivity index (χ1) is 14.1. The van der Waals surface area contributed by atoms with Crippen molar-refractivity contribution < 1.29 is 14.1 Å². The van der Waals surface area contributed by atoms with Crippen molar-refractivity contribution in [1.29, 1.82) is 0 Å². The van der Waals surface area contributed by atoms with Gasteiger partial charge in [-0.1, -0.05) is 12.1 Å². The molecule has 2 aromatic heterocycles. The summed E-state index contributed by atoms with van der Waals surface area (Å²) in [5.74, 6) is 0.724. The van der Waals surface area contributed by atoms with Crippen LogP contribution in [0, 0.1) is 5.92 Å². The maximum atomic E-state index is 12.5. The number of thiazole rings is 1. The lowest BCUT2D eigenvalue weighted by molar-refractivity contribution is 0.0748. The number of rotatable bonds is 6. The fourth-order valence-corrected chi connectivity index (χ4v) is 4.45. The largest absolute Gasteiger partial charge is 0.383 e. The summed E-state index contributed by atoms with van der Waals surface area (Å²) in [7, 11) is 3.38. The van der Waals surface area contributed by atoms with Crippen molar-refractivity contribution in [3.63, 3.8) is 0 Å². The lowest BCUT2D eigenvalue weighted by Crippen LogP contribution is -2.32. The third-order valence-electron chi connectivity index (χ3n) is 5.50. The molecule has 7 nitrogen and oxygen atoms in total. The van der Waals surface area contributed by atoms with E-state index in [0.29, 0.717) is 28.7 Å². The number of hydrogen-bond acceptors (Lipinski definition) is 7. The Bertz CT molecular complexity index is 991. The van der Waals surface area contributed by atoms with Gasteiger partial charge in [0.2, 0.25) is 0 Å². The zero-order chi connectivity index (χ0) is 20.4. The van der Waals surface area contributed by atoms with E-state index < -0.39 is 0 Å². The number of fused-ring (bicyclic) bond motifs is 1. The number of amides is 1. The van der Waals surface area contributed by atoms with E-state index in [2.05, 4.69) is 34.1 Å². The predicted octanol–water partition coefficient (Wildman–Crippen LogP) is 3.91. The van der Waals surface area contributed by atoms with Crippen molar-refractivity contribution in [3.8, 4) is 10.7 Å². The van der Waals surface area contributed by atoms with Gasteiger partial charge in [0.15, 0.2) is 5.58 Å². The van der Waals surface area contributed by atoms with Crippen LogP contribution in [0.3, 0.4) is 0 Å². The maximum Gasteiger partial charge on any atom is 0.265 e. The first-order valence-electron chi connectivity index (χ1n) is 9.92. The summed E-state index contributed by atoms with van der Waals surface area (Å²) in [5, 5.41) is 5.84. The second kappa shape index (κ2) is 8.51. The maximum absolute atomic E-state index is 12.5. The van der Waals surface area contributed by atoms with Crippen LogP contribution >= 0.6 is 11.3 Å². The Hall–Kier alpha value is -2.45. The van der Waals surface area contributed by atoms with E-state index in [1.54, 1.807) is 25.3 Å². The number of carbonyl (C=O) groups excluding carboxylic acids is 1. The van der Waals surface area contributed by atoms with Crippen molar-refractivity contribution in [2.45, 2.75) is 19.8 Å². The molecular formula is C21H26N4O3S. The van der Waals surface area contributed by atoms with Gasteiger partial charge in [-0.15, -0.1) is 11.3 Å². The molecule has 0 spiro atoms. The Morgan fingerprint density at radius 2 is 2.17 bits per heavy atom. The van der Waals surface area contributed by atoms with Gasteiger partial charge in [0.1, 0.15) is 15.6 Å². The van der Waals surface area contributed by atoms with Crippen LogP contribution < -0.4 is 4.90 Å². The highest BCUT2D eigenvalue weighted by Gasteiger charge is 2.21. The number of benzene rings is 1. The van der Waals surface area contributed by atoms with E-state index in [0.717, 1.165) is 30.0 Å². The summed E-state index contributed by atoms with van der Waals surface area (Å²) in [4.78, 5) is 21.6. The molecule has 0 aliphatic carbocycles. The molecule has 4 rings (SSSR count). The number of likely N-dealkylation sites (N-methyl/N-ethyl adjacent to an activating group) is 1. The molecule has 8 heteroatoms. The van der Waals surface area contributed by atoms with Gasteiger partial charge in [0.25, 0.3) is 5.91 Å². The number of piperidine rings is 1. The number of carbonyl (C=O) groups is 1. The molecule has 1 aromatic carbocycles. The Balaban J connectivity index is 1.54. The van der Waals surface area contributed by atoms with E-state index in [4.69, 9.17) is 9.26 Å². The van der Waals surface area contributed by atoms with Crippen LogP contribution in [0.5, 0.6) is 0 Å². The van der Waals surface area contributed by atoms with E-state index in [1.165, 1.54) is 29.9 Å². The van der Waals surface area contributed by atoms with Gasteiger partial charge in [-0.25, -0.2) is 4.98 Å². The van der Waals surface area contributed by atoms with Crippen molar-refractivity contribution >= 4 is 33.9 Å². The van der Waals surface area contributed by atoms with Gasteiger partial charge >= 0.3 is 0 Å². The van der Waals surface area contributed by atoms with E-state index >= 15 is 0 Å². The molecule has 0 atom stereocenters. The summed E-state index contributed by atoms with van der Waals surface area (Å²) in [5.41, 5.74) is 2.60. The van der Waals surface area contributed by atoms with Gasteiger partial charge in [-0.05, 0) is 30.9 Å². The van der Waals surface area contributed by atoms with Crippen LogP contribution in [-0.2, 0) is 4.74 Å². The zero-order valence-electron chi connectivity index (χ0n) is 17.1. The van der Waals surface area contributed by atoms with Crippen LogP contribution in [0.1, 0.15) is 29.4 Å². The van der Waals surface area contributed by atoms with Crippen LogP contribution in [0.25, 0.3) is 21.7 Å². The molecule has 1 fully saturated rings. The van der Waals surface area contributed by atoms with Crippen molar-refractivity contribution in [3.05, 3.63) is 29.3 Å². The van der Waals surface area contributed by atoms with Crippen LogP contribution in [0.2, 0.25) is 0 Å². The minimum atomic E-state index is -0.0692. The van der Waals surface area contributed by atoms with Gasteiger partial charge in [0, 0.05) is 45.5 Å². The van der Waals surface area contributed by atoms with E-state index in [9.17, 15) is 4.79 Å². The second-order valence-corrected chi connectivity index (χ2v) is 8.66. The molecule has 1 amide bonds. The highest BCUT2D eigenvalue weighted by molar-refractivity contribution is 7.17. The molecule has 0 radical (unpaired) electrons. The Labute approximate surface area is 174 Å². The molecular weight excluding hydrogens is 388 g/mol. The van der Waals surface area contributed by atoms with Crippen molar-refractivity contribution in [1.82, 2.24) is 15.0 Å². The molecule has 0 bridgehead atoms. The number of ether oxygens (including phenoxy) is 1. The Kier molecular flexibility index (Phi) is 5.82. The third-order valence-corrected chi connectivity index (χ3v) is 6.49. The smallest absolute Gasteiger partial charge is 0.265 e. The summed E-state index contributed by atoms with van der Waals surface area (Å²) in [6, 6.07) is 6.22. The first kappa shape index (κ1) is 19.8. The van der Waals surface area contributed by atoms with Crippen LogP contribution in [0.15, 0.2) is 28.9 Å². The summed E-state index contributed by atoms with van der Waals surface area (Å²) in [6.07, 6.45) is 4.04. The fourth-order valence-electron chi connectivity index (χ4n) is 3.54. The SMILES string of the molecule is COCCN(C)C(=O)c1cnc(-c2noc3cc(N4CCC(C)CC4)ccc23)s1. The van der Waals surface area contributed by atoms with Gasteiger partial charge in [-0.3, -0.25) is 4.79 Å². The minimum absolute atomic E-state index is 0.0692. The average Bonchev–Trinajstić information content (AvgIpc) is 3.38. The lowest BCUT2D eigenvalue weighted by atomic mass is 9.99. The van der Waals surface area contributed by atoms with Gasteiger partial charge in [-0.2, -0.15) is 0 Å². The average molecular weight is 415 g/mol. The molecule has 1 aliphatic heterocycles. The van der Waals surface area contributed by atoms with E-state index in [-0.39, 0.29) is 5.91 Å². The number of hydrogen-bond donors (Lipinski definition) is 0. The molecule has 3 heterocycles. The predicted molar refractivity (Wildman–Crippen MR) is 115 cm³/mol. The Morgan fingerprint density at radius 1 is 1.38 bits per heavy atom. The number of anilines is 1. The Morgan fingerprint density at radius 3 is 2.93 bits per heavy atom. The second-order valence-electron chi connectivity index (χ2n) is 7.63. The standard InChI is InChI=1S/C21H26N4O3S/c1-14-6-8-25(9-7-14)15-4-5-16-17(12-15)28-23-19(16)20-22-13-18(29-20)21(26)24(2)10-11-27-3/h4-5,12-14H,6-11H2,1-3H3. The highest BCUT2D eigenvalue weighted by Crippen LogP contribution is 2.34. The number of methoxy groups -OCH3 is 1. The summed E-state index contributed by atoms with van der Waals surface area (Å²) in [6.45, 7) is 5.49. The third kappa shape index (κ3) is 4.13. The molecule has 154 valence electrons. The van der Waals surface area contributed by atoms with Crippen LogP contribution in [0.4, 0.5) is 5.69 Å². The van der Waals surface area contributed by atoms with Gasteiger partial charge < -0.3 is 19.1 Å². The van der Waals surface area contributed by atoms with E-state index in [1.807, 2.05) is 6.07 Å². The minimum Gasteiger partial charge on any atom is -0.383 e. The zero-order valence-corrected chi connectivity index (χ0v) is 17.9. The molecule has 1 aliphatic rings. The van der Waals surface area contributed by atoms with Crippen molar-refractivity contribution in [2.24, 2.45) is 5.92 Å². The normalized spacial score (nSPS) is 15.2. The first-order valence-corrected chi connectivity index (χ1v) is 10.7. The van der Waals surface area contributed by atoms with Crippen LogP contribution in [-0.4, -0.2) is 61.3 Å². The molecule has 1 saturated heterocycles. The molecule has 0 saturated carbocycles. The monoisotopic (exact) mass is 414 g/mol. The topological polar surface area (TPSA) is 71.7 Å². The quantitative estimate of drug-likeness (QED) is 0.609. The molecule has 0 unspecified atom stereocenters. The number of nitrogens with zero attached hydrogens (tertiary/aromatic N) is 4. The van der Waals surface area contributed by atoms with Gasteiger partial charge in [0.05, 0.1) is 18.2 Å². The molecule has 3 aromatic rings. The molecule has 29 heavy (non-hydrogen) atoms.